The Hall–Kier alpha value is -3.03. The van der Waals surface area contributed by atoms with Gasteiger partial charge in [-0.25, -0.2) is 9.78 Å². The summed E-state index contributed by atoms with van der Waals surface area (Å²) in [5, 5.41) is 3.73. The van der Waals surface area contributed by atoms with Gasteiger partial charge in [-0.05, 0) is 50.1 Å². The van der Waals surface area contributed by atoms with E-state index in [4.69, 9.17) is 4.74 Å². The average molecular weight is 418 g/mol. The smallest absolute Gasteiger partial charge is 0.338 e. The van der Waals surface area contributed by atoms with Crippen LogP contribution in [-0.2, 0) is 17.9 Å². The fourth-order valence-electron chi connectivity index (χ4n) is 4.66. The highest BCUT2D eigenvalue weighted by molar-refractivity contribution is 5.94. The van der Waals surface area contributed by atoms with E-state index in [1.165, 1.54) is 5.56 Å². The van der Waals surface area contributed by atoms with Gasteiger partial charge in [-0.3, -0.25) is 9.88 Å². The maximum absolute atomic E-state index is 11.9. The molecule has 0 bridgehead atoms. The molecule has 0 radical (unpaired) electrons. The number of esters is 1. The van der Waals surface area contributed by atoms with Crippen LogP contribution in [0.15, 0.2) is 43.0 Å². The van der Waals surface area contributed by atoms with E-state index in [0.717, 1.165) is 47.8 Å². The van der Waals surface area contributed by atoms with Crippen LogP contribution in [0, 0.1) is 13.8 Å². The molecule has 1 fully saturated rings. The fraction of sp³-hybridized carbons (Fsp3) is 0.375. The van der Waals surface area contributed by atoms with E-state index in [0.29, 0.717) is 18.2 Å². The van der Waals surface area contributed by atoms with Crippen LogP contribution in [0.5, 0.6) is 0 Å². The van der Waals surface area contributed by atoms with Crippen molar-refractivity contribution in [1.29, 1.82) is 0 Å². The minimum atomic E-state index is -0.212. The second-order valence-corrected chi connectivity index (χ2v) is 8.63. The fourth-order valence-corrected chi connectivity index (χ4v) is 4.66. The van der Waals surface area contributed by atoms with Crippen LogP contribution in [0.1, 0.15) is 51.4 Å². The number of carbonyl (C=O) groups is 1. The molecule has 5 rings (SSSR count). The zero-order valence-corrected chi connectivity index (χ0v) is 18.1. The molecule has 2 aliphatic heterocycles. The molecular weight excluding hydrogens is 390 g/mol. The highest BCUT2D eigenvalue weighted by Gasteiger charge is 2.30. The van der Waals surface area contributed by atoms with E-state index in [-0.39, 0.29) is 12.0 Å². The lowest BCUT2D eigenvalue weighted by atomic mass is 9.92. The zero-order valence-electron chi connectivity index (χ0n) is 18.1. The van der Waals surface area contributed by atoms with E-state index in [2.05, 4.69) is 52.4 Å². The average Bonchev–Trinajstić information content (AvgIpc) is 3.36. The summed E-state index contributed by atoms with van der Waals surface area (Å²) in [6.07, 6.45) is 5.80. The summed E-state index contributed by atoms with van der Waals surface area (Å²) in [6.45, 7) is 9.31. The van der Waals surface area contributed by atoms with Crippen molar-refractivity contribution in [3.63, 3.8) is 0 Å². The van der Waals surface area contributed by atoms with Gasteiger partial charge >= 0.3 is 5.97 Å². The number of imidazole rings is 1. The maximum atomic E-state index is 11.9. The third-order valence-electron chi connectivity index (χ3n) is 6.26. The Morgan fingerprint density at radius 3 is 2.84 bits per heavy atom. The lowest BCUT2D eigenvalue weighted by Gasteiger charge is -2.38. The van der Waals surface area contributed by atoms with Gasteiger partial charge in [-0.1, -0.05) is 6.07 Å². The molecule has 0 saturated carbocycles. The van der Waals surface area contributed by atoms with Crippen LogP contribution < -0.4 is 5.32 Å². The Kier molecular flexibility index (Phi) is 5.08. The first-order valence-corrected chi connectivity index (χ1v) is 10.7. The lowest BCUT2D eigenvalue weighted by molar-refractivity contribution is 0.0535. The Bertz CT molecular complexity index is 1120. The van der Waals surface area contributed by atoms with Gasteiger partial charge in [-0.15, -0.1) is 0 Å². The summed E-state index contributed by atoms with van der Waals surface area (Å²) < 4.78 is 7.25. The number of ether oxygens (including phenoxy) is 1. The number of piperazine rings is 1. The molecule has 160 valence electrons. The maximum Gasteiger partial charge on any atom is 0.338 e. The number of rotatable bonds is 4. The molecule has 1 N–H and O–H groups in total. The first-order valence-electron chi connectivity index (χ1n) is 10.7. The lowest BCUT2D eigenvalue weighted by Crippen LogP contribution is -2.50. The van der Waals surface area contributed by atoms with Crippen molar-refractivity contribution in [2.24, 2.45) is 0 Å². The Labute approximate surface area is 182 Å². The van der Waals surface area contributed by atoms with Gasteiger partial charge in [0.2, 0.25) is 0 Å². The third kappa shape index (κ3) is 3.86. The standard InChI is InChI=1S/C24H27N5O2/c1-15-4-5-19(8-25-15)29-11-18(26-14-29)10-28-9-16(2)27-23(12-28)20-6-7-21-22(17(20)3)13-31-24(21)30/h4-8,11,14,16,23,27H,9-10,12-13H2,1-3H3/t16-,23-/m0/s1. The van der Waals surface area contributed by atoms with Gasteiger partial charge in [0.1, 0.15) is 6.61 Å². The van der Waals surface area contributed by atoms with E-state index < -0.39 is 0 Å². The Morgan fingerprint density at radius 2 is 2.03 bits per heavy atom. The molecule has 1 saturated heterocycles. The molecule has 1 aromatic carbocycles. The molecule has 2 atom stereocenters. The van der Waals surface area contributed by atoms with Gasteiger partial charge in [0.05, 0.1) is 29.5 Å². The molecule has 2 aromatic heterocycles. The quantitative estimate of drug-likeness (QED) is 0.658. The van der Waals surface area contributed by atoms with E-state index in [9.17, 15) is 4.79 Å². The summed E-state index contributed by atoms with van der Waals surface area (Å²) in [4.78, 5) is 23.3. The predicted molar refractivity (Wildman–Crippen MR) is 117 cm³/mol. The summed E-state index contributed by atoms with van der Waals surface area (Å²) >= 11 is 0. The van der Waals surface area contributed by atoms with E-state index in [1.807, 2.05) is 36.1 Å². The molecule has 0 spiro atoms. The monoisotopic (exact) mass is 417 g/mol. The molecule has 2 aliphatic rings. The largest absolute Gasteiger partial charge is 0.457 e. The number of hydrogen-bond donors (Lipinski definition) is 1. The SMILES string of the molecule is Cc1ccc(-n2cnc(CN3C[C@@H](c4ccc5c(c4C)COC5=O)N[C@@H](C)C3)c2)cn1. The van der Waals surface area contributed by atoms with Crippen LogP contribution in [0.2, 0.25) is 0 Å². The minimum absolute atomic E-state index is 0.202. The highest BCUT2D eigenvalue weighted by Crippen LogP contribution is 2.31. The van der Waals surface area contributed by atoms with Crippen LogP contribution in [0.4, 0.5) is 0 Å². The third-order valence-corrected chi connectivity index (χ3v) is 6.26. The second-order valence-electron chi connectivity index (χ2n) is 8.63. The highest BCUT2D eigenvalue weighted by atomic mass is 16.5. The van der Waals surface area contributed by atoms with Gasteiger partial charge in [0.15, 0.2) is 0 Å². The molecular formula is C24H27N5O2. The van der Waals surface area contributed by atoms with Crippen LogP contribution in [-0.4, -0.2) is 44.5 Å². The summed E-state index contributed by atoms with van der Waals surface area (Å²) in [5.41, 5.74) is 7.19. The number of nitrogens with zero attached hydrogens (tertiary/aromatic N) is 4. The molecule has 31 heavy (non-hydrogen) atoms. The second kappa shape index (κ2) is 7.90. The molecule has 3 aromatic rings. The van der Waals surface area contributed by atoms with Crippen molar-refractivity contribution in [3.8, 4) is 5.69 Å². The van der Waals surface area contributed by atoms with Gasteiger partial charge in [0.25, 0.3) is 0 Å². The molecule has 7 heteroatoms. The van der Waals surface area contributed by atoms with Crippen LogP contribution in [0.3, 0.4) is 0 Å². The van der Waals surface area contributed by atoms with E-state index >= 15 is 0 Å². The van der Waals surface area contributed by atoms with Gasteiger partial charge < -0.3 is 14.6 Å². The number of carbonyl (C=O) groups excluding carboxylic acids is 1. The first-order chi connectivity index (χ1) is 15.0. The number of nitrogens with one attached hydrogen (secondary N) is 1. The number of aryl methyl sites for hydroxylation is 1. The van der Waals surface area contributed by atoms with Crippen molar-refractivity contribution in [3.05, 3.63) is 76.6 Å². The molecule has 4 heterocycles. The summed E-state index contributed by atoms with van der Waals surface area (Å²) in [5.74, 6) is -0.212. The predicted octanol–water partition coefficient (Wildman–Crippen LogP) is 3.09. The number of fused-ring (bicyclic) bond motifs is 1. The van der Waals surface area contributed by atoms with Crippen LogP contribution in [0.25, 0.3) is 5.69 Å². The number of pyridine rings is 1. The Morgan fingerprint density at radius 1 is 1.16 bits per heavy atom. The molecule has 0 aliphatic carbocycles. The number of cyclic esters (lactones) is 1. The summed E-state index contributed by atoms with van der Waals surface area (Å²) in [6, 6.07) is 8.61. The Balaban J connectivity index is 1.33. The normalized spacial score (nSPS) is 21.2. The summed E-state index contributed by atoms with van der Waals surface area (Å²) in [7, 11) is 0. The topological polar surface area (TPSA) is 72.3 Å². The first kappa shape index (κ1) is 19.9. The van der Waals surface area contributed by atoms with Crippen molar-refractivity contribution >= 4 is 5.97 Å². The molecule has 7 nitrogen and oxygen atoms in total. The van der Waals surface area contributed by atoms with Crippen molar-refractivity contribution in [2.45, 2.75) is 46.0 Å². The van der Waals surface area contributed by atoms with Crippen molar-refractivity contribution < 1.29 is 9.53 Å². The zero-order chi connectivity index (χ0) is 21.5. The number of benzene rings is 1. The van der Waals surface area contributed by atoms with Gasteiger partial charge in [-0.2, -0.15) is 0 Å². The van der Waals surface area contributed by atoms with Crippen LogP contribution >= 0.6 is 0 Å². The van der Waals surface area contributed by atoms with Crippen molar-refractivity contribution in [1.82, 2.24) is 24.8 Å². The molecule has 0 unspecified atom stereocenters. The number of aromatic nitrogens is 3. The molecule has 0 amide bonds. The number of hydrogen-bond acceptors (Lipinski definition) is 6. The van der Waals surface area contributed by atoms with Gasteiger partial charge in [0, 0.05) is 49.2 Å². The minimum Gasteiger partial charge on any atom is -0.457 e. The van der Waals surface area contributed by atoms with Crippen molar-refractivity contribution in [2.75, 3.05) is 13.1 Å². The van der Waals surface area contributed by atoms with E-state index in [1.54, 1.807) is 0 Å².